The van der Waals surface area contributed by atoms with Gasteiger partial charge in [-0.25, -0.2) is 9.40 Å². The largest absolute Gasteiger partial charge is 0.347 e. The SMILES string of the molecule is CN(C)CC(=O)Nc1cccc(CNC(=O)C2=NN(Cc3ccc(F)cc3)C(=O)CC2)c1. The van der Waals surface area contributed by atoms with E-state index in [1.165, 1.54) is 17.1 Å². The molecule has 32 heavy (non-hydrogen) atoms. The Labute approximate surface area is 186 Å². The van der Waals surface area contributed by atoms with Gasteiger partial charge in [0, 0.05) is 25.1 Å². The minimum Gasteiger partial charge on any atom is -0.347 e. The van der Waals surface area contributed by atoms with Crippen LogP contribution in [-0.2, 0) is 27.5 Å². The summed E-state index contributed by atoms with van der Waals surface area (Å²) in [5.41, 5.74) is 2.45. The third kappa shape index (κ3) is 6.71. The summed E-state index contributed by atoms with van der Waals surface area (Å²) in [6, 6.07) is 13.0. The molecule has 1 heterocycles. The molecule has 0 unspecified atom stereocenters. The third-order valence-corrected chi connectivity index (χ3v) is 4.74. The number of amides is 3. The fraction of sp³-hybridized carbons (Fsp3) is 0.304. The zero-order chi connectivity index (χ0) is 23.1. The van der Waals surface area contributed by atoms with Gasteiger partial charge in [-0.05, 0) is 49.5 Å². The Kier molecular flexibility index (Phi) is 7.67. The minimum absolute atomic E-state index is 0.126. The third-order valence-electron chi connectivity index (χ3n) is 4.74. The Bertz CT molecular complexity index is 1020. The van der Waals surface area contributed by atoms with Crippen LogP contribution >= 0.6 is 0 Å². The maximum atomic E-state index is 13.1. The molecular formula is C23H26FN5O3. The summed E-state index contributed by atoms with van der Waals surface area (Å²) in [6.45, 7) is 0.694. The van der Waals surface area contributed by atoms with E-state index in [-0.39, 0.29) is 61.7 Å². The summed E-state index contributed by atoms with van der Waals surface area (Å²) >= 11 is 0. The van der Waals surface area contributed by atoms with Crippen LogP contribution in [0.25, 0.3) is 0 Å². The molecule has 0 fully saturated rings. The number of nitrogens with zero attached hydrogens (tertiary/aromatic N) is 3. The van der Waals surface area contributed by atoms with Gasteiger partial charge in [0.25, 0.3) is 5.91 Å². The van der Waals surface area contributed by atoms with Gasteiger partial charge >= 0.3 is 0 Å². The summed E-state index contributed by atoms with van der Waals surface area (Å²) in [4.78, 5) is 38.5. The van der Waals surface area contributed by atoms with Gasteiger partial charge in [0.05, 0.1) is 13.1 Å². The van der Waals surface area contributed by atoms with Crippen LogP contribution in [0.3, 0.4) is 0 Å². The number of nitrogens with one attached hydrogen (secondary N) is 2. The molecule has 168 valence electrons. The van der Waals surface area contributed by atoms with Crippen molar-refractivity contribution in [2.75, 3.05) is 26.0 Å². The maximum Gasteiger partial charge on any atom is 0.267 e. The molecule has 0 radical (unpaired) electrons. The molecule has 0 bridgehead atoms. The van der Waals surface area contributed by atoms with E-state index < -0.39 is 0 Å². The lowest BCUT2D eigenvalue weighted by atomic mass is 10.1. The normalized spacial score (nSPS) is 13.7. The van der Waals surface area contributed by atoms with Crippen LogP contribution in [-0.4, -0.2) is 54.0 Å². The lowest BCUT2D eigenvalue weighted by molar-refractivity contribution is -0.132. The summed E-state index contributed by atoms with van der Waals surface area (Å²) in [7, 11) is 3.63. The zero-order valence-corrected chi connectivity index (χ0v) is 18.1. The van der Waals surface area contributed by atoms with Crippen molar-refractivity contribution in [2.45, 2.75) is 25.9 Å². The van der Waals surface area contributed by atoms with Crippen LogP contribution in [0.5, 0.6) is 0 Å². The van der Waals surface area contributed by atoms with Crippen LogP contribution in [0.2, 0.25) is 0 Å². The molecule has 8 nitrogen and oxygen atoms in total. The van der Waals surface area contributed by atoms with E-state index in [9.17, 15) is 18.8 Å². The highest BCUT2D eigenvalue weighted by Crippen LogP contribution is 2.15. The van der Waals surface area contributed by atoms with E-state index in [4.69, 9.17) is 0 Å². The minimum atomic E-state index is -0.358. The standard InChI is InChI=1S/C23H26FN5O3/c1-28(2)15-21(30)26-19-5-3-4-17(12-19)13-25-23(32)20-10-11-22(31)29(27-20)14-16-6-8-18(24)9-7-16/h3-9,12H,10-11,13-15H2,1-2H3,(H,25,32)(H,26,30). The van der Waals surface area contributed by atoms with Gasteiger partial charge in [-0.3, -0.25) is 14.4 Å². The van der Waals surface area contributed by atoms with E-state index in [1.807, 2.05) is 20.2 Å². The Morgan fingerprint density at radius 3 is 2.56 bits per heavy atom. The quantitative estimate of drug-likeness (QED) is 0.659. The molecule has 0 aromatic heterocycles. The summed E-state index contributed by atoms with van der Waals surface area (Å²) < 4.78 is 13.1. The smallest absolute Gasteiger partial charge is 0.267 e. The van der Waals surface area contributed by atoms with Crippen LogP contribution in [0, 0.1) is 5.82 Å². The molecule has 1 aliphatic rings. The van der Waals surface area contributed by atoms with Crippen molar-refractivity contribution in [1.82, 2.24) is 15.2 Å². The Hall–Kier alpha value is -3.59. The number of anilines is 1. The summed E-state index contributed by atoms with van der Waals surface area (Å²) in [6.07, 6.45) is 0.437. The first-order valence-corrected chi connectivity index (χ1v) is 10.2. The maximum absolute atomic E-state index is 13.1. The van der Waals surface area contributed by atoms with Crippen LogP contribution in [0.4, 0.5) is 10.1 Å². The highest BCUT2D eigenvalue weighted by molar-refractivity contribution is 6.39. The highest BCUT2D eigenvalue weighted by Gasteiger charge is 2.24. The fourth-order valence-corrected chi connectivity index (χ4v) is 3.18. The van der Waals surface area contributed by atoms with E-state index in [0.717, 1.165) is 11.1 Å². The average molecular weight is 439 g/mol. The monoisotopic (exact) mass is 439 g/mol. The number of carbonyl (C=O) groups is 3. The Morgan fingerprint density at radius 1 is 1.09 bits per heavy atom. The number of hydrogen-bond donors (Lipinski definition) is 2. The van der Waals surface area contributed by atoms with Crippen molar-refractivity contribution in [3.05, 3.63) is 65.5 Å². The molecule has 0 spiro atoms. The van der Waals surface area contributed by atoms with Crippen molar-refractivity contribution in [2.24, 2.45) is 5.10 Å². The molecule has 3 rings (SSSR count). The first kappa shape index (κ1) is 23.1. The highest BCUT2D eigenvalue weighted by atomic mass is 19.1. The van der Waals surface area contributed by atoms with Gasteiger partial charge in [0.15, 0.2) is 0 Å². The Balaban J connectivity index is 1.59. The van der Waals surface area contributed by atoms with Gasteiger partial charge in [-0.15, -0.1) is 0 Å². The predicted octanol–water partition coefficient (Wildman–Crippen LogP) is 2.12. The summed E-state index contributed by atoms with van der Waals surface area (Å²) in [5, 5.41) is 11.1. The second kappa shape index (κ2) is 10.6. The number of halogens is 1. The van der Waals surface area contributed by atoms with E-state index in [0.29, 0.717) is 5.69 Å². The Morgan fingerprint density at radius 2 is 1.84 bits per heavy atom. The molecule has 1 aliphatic heterocycles. The molecule has 0 atom stereocenters. The van der Waals surface area contributed by atoms with Crippen molar-refractivity contribution < 1.29 is 18.8 Å². The molecule has 2 aromatic carbocycles. The first-order valence-electron chi connectivity index (χ1n) is 10.2. The van der Waals surface area contributed by atoms with Gasteiger partial charge in [0.1, 0.15) is 11.5 Å². The number of likely N-dealkylation sites (N-methyl/N-ethyl adjacent to an activating group) is 1. The molecule has 2 aromatic rings. The van der Waals surface area contributed by atoms with Crippen LogP contribution in [0.15, 0.2) is 53.6 Å². The number of hydrogen-bond acceptors (Lipinski definition) is 5. The number of benzene rings is 2. The second-order valence-electron chi connectivity index (χ2n) is 7.79. The molecule has 0 saturated carbocycles. The molecule has 3 amide bonds. The van der Waals surface area contributed by atoms with Crippen molar-refractivity contribution in [3.8, 4) is 0 Å². The fourth-order valence-electron chi connectivity index (χ4n) is 3.18. The summed E-state index contributed by atoms with van der Waals surface area (Å²) in [5.74, 6) is -1.03. The van der Waals surface area contributed by atoms with E-state index in [2.05, 4.69) is 15.7 Å². The lowest BCUT2D eigenvalue weighted by Gasteiger charge is -2.23. The van der Waals surface area contributed by atoms with Gasteiger partial charge in [-0.1, -0.05) is 24.3 Å². The van der Waals surface area contributed by atoms with E-state index in [1.54, 1.807) is 35.2 Å². The molecule has 0 aliphatic carbocycles. The topological polar surface area (TPSA) is 94.1 Å². The van der Waals surface area contributed by atoms with Crippen molar-refractivity contribution in [1.29, 1.82) is 0 Å². The lowest BCUT2D eigenvalue weighted by Crippen LogP contribution is -2.38. The molecule has 9 heteroatoms. The molecule has 2 N–H and O–H groups in total. The second-order valence-corrected chi connectivity index (χ2v) is 7.79. The zero-order valence-electron chi connectivity index (χ0n) is 18.1. The van der Waals surface area contributed by atoms with Crippen LogP contribution < -0.4 is 10.6 Å². The molecular weight excluding hydrogens is 413 g/mol. The van der Waals surface area contributed by atoms with Crippen LogP contribution in [0.1, 0.15) is 24.0 Å². The van der Waals surface area contributed by atoms with Gasteiger partial charge in [-0.2, -0.15) is 5.10 Å². The van der Waals surface area contributed by atoms with Crippen molar-refractivity contribution in [3.63, 3.8) is 0 Å². The van der Waals surface area contributed by atoms with E-state index >= 15 is 0 Å². The number of rotatable bonds is 8. The molecule has 0 saturated heterocycles. The number of carbonyl (C=O) groups excluding carboxylic acids is 3. The van der Waals surface area contributed by atoms with Crippen molar-refractivity contribution >= 4 is 29.1 Å². The first-order chi connectivity index (χ1) is 15.3. The average Bonchev–Trinajstić information content (AvgIpc) is 2.75. The number of hydrazone groups is 1. The predicted molar refractivity (Wildman–Crippen MR) is 119 cm³/mol. The van der Waals surface area contributed by atoms with Gasteiger partial charge in [0.2, 0.25) is 11.8 Å². The van der Waals surface area contributed by atoms with Gasteiger partial charge < -0.3 is 15.5 Å².